The van der Waals surface area contributed by atoms with Gasteiger partial charge in [0.2, 0.25) is 5.91 Å². The maximum absolute atomic E-state index is 13.9. The summed E-state index contributed by atoms with van der Waals surface area (Å²) < 4.78 is 27.9. The molecule has 3 aromatic carbocycles. The van der Waals surface area contributed by atoms with Crippen LogP contribution in [0.2, 0.25) is 10.0 Å². The molecule has 3 amide bonds. The fourth-order valence-electron chi connectivity index (χ4n) is 5.07. The first kappa shape index (κ1) is 27.3. The summed E-state index contributed by atoms with van der Waals surface area (Å²) in [5.41, 5.74) is 3.90. The highest BCUT2D eigenvalue weighted by Crippen LogP contribution is 2.34. The van der Waals surface area contributed by atoms with Gasteiger partial charge >= 0.3 is 6.03 Å². The molecule has 2 aliphatic rings. The van der Waals surface area contributed by atoms with Gasteiger partial charge in [0.1, 0.15) is 10.9 Å². The van der Waals surface area contributed by atoms with E-state index in [9.17, 15) is 18.0 Å². The topological polar surface area (TPSA) is 81.2 Å². The molecule has 8 nitrogen and oxygen atoms in total. The number of hydrogen-bond donors (Lipinski definition) is 0. The Hall–Kier alpha value is -3.27. The number of hydrogen-bond acceptors (Lipinski definition) is 5. The number of aryl methyl sites for hydroxylation is 2. The van der Waals surface area contributed by atoms with Crippen LogP contribution in [0.1, 0.15) is 11.1 Å². The Bertz CT molecular complexity index is 1530. The molecule has 0 spiro atoms. The van der Waals surface area contributed by atoms with E-state index in [1.54, 1.807) is 35.2 Å². The van der Waals surface area contributed by atoms with E-state index in [0.29, 0.717) is 36.2 Å². The second-order valence-corrected chi connectivity index (χ2v) is 12.4. The number of carbonyl (C=O) groups excluding carboxylic acids is 2. The van der Waals surface area contributed by atoms with Gasteiger partial charge in [0, 0.05) is 42.6 Å². The zero-order valence-electron chi connectivity index (χ0n) is 21.5. The van der Waals surface area contributed by atoms with Crippen LogP contribution in [0.25, 0.3) is 0 Å². The number of halogens is 2. The zero-order chi connectivity index (χ0) is 27.9. The van der Waals surface area contributed by atoms with Crippen LogP contribution in [0.5, 0.6) is 0 Å². The molecule has 0 bridgehead atoms. The normalized spacial score (nSPS) is 18.2. The van der Waals surface area contributed by atoms with E-state index in [0.717, 1.165) is 16.8 Å². The Balaban J connectivity index is 1.42. The Labute approximate surface area is 238 Å². The minimum Gasteiger partial charge on any atom is -0.368 e. The maximum Gasteiger partial charge on any atom is 0.339 e. The highest BCUT2D eigenvalue weighted by molar-refractivity contribution is 7.89. The molecule has 2 aliphatic heterocycles. The van der Waals surface area contributed by atoms with Crippen molar-refractivity contribution >= 4 is 56.5 Å². The van der Waals surface area contributed by atoms with E-state index >= 15 is 0 Å². The molecule has 2 heterocycles. The van der Waals surface area contributed by atoms with Gasteiger partial charge in [-0.1, -0.05) is 53.5 Å². The molecule has 0 aromatic heterocycles. The van der Waals surface area contributed by atoms with Gasteiger partial charge in [0.25, 0.3) is 10.0 Å². The van der Waals surface area contributed by atoms with Gasteiger partial charge in [-0.15, -0.1) is 0 Å². The minimum atomic E-state index is -4.39. The van der Waals surface area contributed by atoms with Gasteiger partial charge in [-0.25, -0.2) is 17.5 Å². The summed E-state index contributed by atoms with van der Waals surface area (Å²) in [6.45, 7) is 5.93. The molecule has 39 heavy (non-hydrogen) atoms. The van der Waals surface area contributed by atoms with Crippen molar-refractivity contribution in [3.8, 4) is 0 Å². The summed E-state index contributed by atoms with van der Waals surface area (Å²) in [7, 11) is -4.39. The van der Waals surface area contributed by atoms with Gasteiger partial charge in [0.15, 0.2) is 0 Å². The van der Waals surface area contributed by atoms with Crippen LogP contribution in [-0.2, 0) is 14.8 Å². The van der Waals surface area contributed by atoms with Crippen molar-refractivity contribution in [3.05, 3.63) is 87.9 Å². The van der Waals surface area contributed by atoms with Crippen LogP contribution >= 0.6 is 23.2 Å². The summed E-state index contributed by atoms with van der Waals surface area (Å²) in [6, 6.07) is 17.1. The van der Waals surface area contributed by atoms with Crippen LogP contribution < -0.4 is 9.80 Å². The number of carbonyl (C=O) groups is 2. The Morgan fingerprint density at radius 1 is 0.897 bits per heavy atom. The van der Waals surface area contributed by atoms with Crippen LogP contribution in [-0.4, -0.2) is 68.3 Å². The van der Waals surface area contributed by atoms with Crippen molar-refractivity contribution in [2.24, 2.45) is 0 Å². The summed E-state index contributed by atoms with van der Waals surface area (Å²) >= 11 is 12.2. The lowest BCUT2D eigenvalue weighted by Gasteiger charge is -2.38. The van der Waals surface area contributed by atoms with Crippen LogP contribution in [0.15, 0.2) is 71.6 Å². The lowest BCUT2D eigenvalue weighted by atomic mass is 10.1. The SMILES string of the molecule is Cc1ccc(C)c(N2CCN(C(=O)C3CN(S(=O)(=O)c4cc(Cl)ccc4Cl)C(=O)N3c3ccccc3)CC2)c1. The molecule has 204 valence electrons. The number of anilines is 2. The Morgan fingerprint density at radius 2 is 1.59 bits per heavy atom. The van der Waals surface area contributed by atoms with Gasteiger partial charge < -0.3 is 9.80 Å². The van der Waals surface area contributed by atoms with Crippen molar-refractivity contribution in [1.82, 2.24) is 9.21 Å². The minimum absolute atomic E-state index is 0.0594. The molecule has 5 rings (SSSR count). The number of urea groups is 1. The smallest absolute Gasteiger partial charge is 0.339 e. The quantitative estimate of drug-likeness (QED) is 0.422. The molecular weight excluding hydrogens is 559 g/mol. The molecule has 2 fully saturated rings. The van der Waals surface area contributed by atoms with Crippen LogP contribution in [0.3, 0.4) is 0 Å². The largest absolute Gasteiger partial charge is 0.368 e. The molecular formula is C28H28Cl2N4O4S. The number of amides is 3. The van der Waals surface area contributed by atoms with Crippen molar-refractivity contribution in [3.63, 3.8) is 0 Å². The lowest BCUT2D eigenvalue weighted by molar-refractivity contribution is -0.132. The highest BCUT2D eigenvalue weighted by atomic mass is 35.5. The predicted octanol–water partition coefficient (Wildman–Crippen LogP) is 4.96. The Kier molecular flexibility index (Phi) is 7.50. The predicted molar refractivity (Wildman–Crippen MR) is 153 cm³/mol. The molecule has 0 aliphatic carbocycles. The van der Waals surface area contributed by atoms with Crippen molar-refractivity contribution in [2.45, 2.75) is 24.8 Å². The fourth-order valence-corrected chi connectivity index (χ4v) is 7.18. The molecule has 1 atom stereocenters. The molecule has 0 saturated carbocycles. The van der Waals surface area contributed by atoms with Gasteiger partial charge in [0.05, 0.1) is 11.6 Å². The van der Waals surface area contributed by atoms with E-state index in [1.807, 2.05) is 6.92 Å². The number of benzene rings is 3. The standard InChI is InChI=1S/C28H28Cl2N4O4S/c1-19-8-9-20(2)24(16-19)31-12-14-32(15-13-31)27(35)25-18-33(28(36)34(25)22-6-4-3-5-7-22)39(37,38)26-17-21(29)10-11-23(26)30/h3-11,16-17,25H,12-15,18H2,1-2H3. The van der Waals surface area contributed by atoms with Gasteiger partial charge in [-0.05, 0) is 61.4 Å². The zero-order valence-corrected chi connectivity index (χ0v) is 23.9. The number of para-hydroxylation sites is 1. The number of piperazine rings is 1. The third-order valence-electron chi connectivity index (χ3n) is 7.15. The number of rotatable bonds is 5. The lowest BCUT2D eigenvalue weighted by Crippen LogP contribution is -2.55. The summed E-state index contributed by atoms with van der Waals surface area (Å²) in [5.74, 6) is -0.303. The van der Waals surface area contributed by atoms with Crippen molar-refractivity contribution in [1.29, 1.82) is 0 Å². The fraction of sp³-hybridized carbons (Fsp3) is 0.286. The van der Waals surface area contributed by atoms with Crippen molar-refractivity contribution in [2.75, 3.05) is 42.5 Å². The molecule has 11 heteroatoms. The summed E-state index contributed by atoms with van der Waals surface area (Å²) in [5, 5.41) is 0.106. The second kappa shape index (κ2) is 10.7. The van der Waals surface area contributed by atoms with Crippen molar-refractivity contribution < 1.29 is 18.0 Å². The van der Waals surface area contributed by atoms with Gasteiger partial charge in [-0.3, -0.25) is 9.69 Å². The van der Waals surface area contributed by atoms with E-state index in [4.69, 9.17) is 23.2 Å². The first-order valence-corrected chi connectivity index (χ1v) is 14.7. The third-order valence-corrected chi connectivity index (χ3v) is 9.60. The van der Waals surface area contributed by atoms with E-state index in [1.165, 1.54) is 23.1 Å². The monoisotopic (exact) mass is 586 g/mol. The maximum atomic E-state index is 13.9. The third kappa shape index (κ3) is 5.18. The molecule has 0 radical (unpaired) electrons. The molecule has 0 N–H and O–H groups in total. The first-order valence-electron chi connectivity index (χ1n) is 12.5. The van der Waals surface area contributed by atoms with E-state index < -0.39 is 22.1 Å². The van der Waals surface area contributed by atoms with Crippen LogP contribution in [0, 0.1) is 13.8 Å². The molecule has 3 aromatic rings. The molecule has 1 unspecified atom stereocenters. The summed E-state index contributed by atoms with van der Waals surface area (Å²) in [6.07, 6.45) is 0. The van der Waals surface area contributed by atoms with E-state index in [2.05, 4.69) is 30.0 Å². The van der Waals surface area contributed by atoms with Crippen LogP contribution in [0.4, 0.5) is 16.2 Å². The van der Waals surface area contributed by atoms with Gasteiger partial charge in [-0.2, -0.15) is 0 Å². The first-order chi connectivity index (χ1) is 18.6. The van der Waals surface area contributed by atoms with E-state index in [-0.39, 0.29) is 27.4 Å². The Morgan fingerprint density at radius 3 is 2.28 bits per heavy atom. The number of sulfonamides is 1. The second-order valence-electron chi connectivity index (χ2n) is 9.72. The number of nitrogens with zero attached hydrogens (tertiary/aromatic N) is 4. The highest BCUT2D eigenvalue weighted by Gasteiger charge is 2.49. The average molecular weight is 588 g/mol. The summed E-state index contributed by atoms with van der Waals surface area (Å²) in [4.78, 5) is 32.4. The average Bonchev–Trinajstić information content (AvgIpc) is 3.29. The molecule has 2 saturated heterocycles.